The van der Waals surface area contributed by atoms with Gasteiger partial charge in [-0.2, -0.15) is 0 Å². The van der Waals surface area contributed by atoms with Crippen molar-refractivity contribution >= 4 is 5.91 Å². The molecule has 0 N–H and O–H groups in total. The molecule has 1 fully saturated rings. The molecule has 0 bridgehead atoms. The Morgan fingerprint density at radius 1 is 1.12 bits per heavy atom. The van der Waals surface area contributed by atoms with E-state index in [2.05, 4.69) is 48.0 Å². The van der Waals surface area contributed by atoms with Crippen molar-refractivity contribution in [3.8, 4) is 0 Å². The molecular formula is C22H29N3O. The second-order valence-electron chi connectivity index (χ2n) is 7.62. The van der Waals surface area contributed by atoms with Gasteiger partial charge in [-0.25, -0.2) is 0 Å². The molecule has 26 heavy (non-hydrogen) atoms. The van der Waals surface area contributed by atoms with Gasteiger partial charge in [-0.05, 0) is 35.6 Å². The van der Waals surface area contributed by atoms with Crippen molar-refractivity contribution in [2.24, 2.45) is 5.92 Å². The Morgan fingerprint density at radius 3 is 2.46 bits per heavy atom. The Labute approximate surface area is 156 Å². The van der Waals surface area contributed by atoms with Crippen LogP contribution in [-0.2, 0) is 17.8 Å². The number of hydrogen-bond acceptors (Lipinski definition) is 3. The minimum atomic E-state index is 0.276. The lowest BCUT2D eigenvalue weighted by Crippen LogP contribution is -2.61. The van der Waals surface area contributed by atoms with Gasteiger partial charge in [-0.3, -0.25) is 14.7 Å². The molecule has 0 saturated carbocycles. The zero-order valence-electron chi connectivity index (χ0n) is 15.8. The van der Waals surface area contributed by atoms with Gasteiger partial charge in [0, 0.05) is 51.0 Å². The number of nitrogens with zero attached hydrogens (tertiary/aromatic N) is 3. The number of aryl methyl sites for hydroxylation is 1. The summed E-state index contributed by atoms with van der Waals surface area (Å²) in [7, 11) is 0. The van der Waals surface area contributed by atoms with E-state index in [1.54, 1.807) is 0 Å². The maximum Gasteiger partial charge on any atom is 0.223 e. The van der Waals surface area contributed by atoms with Gasteiger partial charge in [0.15, 0.2) is 0 Å². The number of carbonyl (C=O) groups is 1. The van der Waals surface area contributed by atoms with Crippen molar-refractivity contribution < 1.29 is 4.79 Å². The molecule has 1 saturated heterocycles. The van der Waals surface area contributed by atoms with E-state index < -0.39 is 0 Å². The van der Waals surface area contributed by atoms with Gasteiger partial charge in [0.1, 0.15) is 0 Å². The maximum atomic E-state index is 12.4. The van der Waals surface area contributed by atoms with Gasteiger partial charge in [0.2, 0.25) is 5.91 Å². The summed E-state index contributed by atoms with van der Waals surface area (Å²) in [5, 5.41) is 0. The van der Waals surface area contributed by atoms with E-state index in [-0.39, 0.29) is 5.91 Å². The number of carbonyl (C=O) groups excluding carboxylic acids is 1. The highest BCUT2D eigenvalue weighted by Gasteiger charge is 2.34. The molecule has 3 rings (SSSR count). The first-order valence-electron chi connectivity index (χ1n) is 9.56. The molecule has 2 heterocycles. The molecule has 1 aliphatic rings. The average molecular weight is 351 g/mol. The zero-order valence-corrected chi connectivity index (χ0v) is 15.8. The van der Waals surface area contributed by atoms with E-state index in [1.165, 1.54) is 11.1 Å². The van der Waals surface area contributed by atoms with E-state index in [9.17, 15) is 4.79 Å². The summed E-state index contributed by atoms with van der Waals surface area (Å²) < 4.78 is 0. The van der Waals surface area contributed by atoms with Crippen LogP contribution in [0.5, 0.6) is 0 Å². The van der Waals surface area contributed by atoms with Gasteiger partial charge < -0.3 is 4.90 Å². The lowest BCUT2D eigenvalue weighted by molar-refractivity contribution is -0.139. The minimum Gasteiger partial charge on any atom is -0.339 e. The van der Waals surface area contributed by atoms with Crippen molar-refractivity contribution in [3.63, 3.8) is 0 Å². The predicted octanol–water partition coefficient (Wildman–Crippen LogP) is 3.38. The van der Waals surface area contributed by atoms with E-state index >= 15 is 0 Å². The number of rotatable bonds is 8. The third-order valence-corrected chi connectivity index (χ3v) is 4.94. The van der Waals surface area contributed by atoms with Crippen molar-refractivity contribution in [1.29, 1.82) is 0 Å². The fourth-order valence-corrected chi connectivity index (χ4v) is 3.48. The molecule has 1 aromatic heterocycles. The molecule has 1 aromatic carbocycles. The number of amides is 1. The standard InChI is InChI=1S/C22H29N3O/c1-18(2)14-24(15-20-10-12-23-13-11-20)21-16-25(17-21)22(26)9-8-19-6-4-3-5-7-19/h3-7,10-13,18,21H,8-9,14-17H2,1-2H3. The Kier molecular flexibility index (Phi) is 6.40. The topological polar surface area (TPSA) is 36.4 Å². The number of pyridine rings is 1. The number of likely N-dealkylation sites (tertiary alicyclic amines) is 1. The lowest BCUT2D eigenvalue weighted by Gasteiger charge is -2.46. The second-order valence-corrected chi connectivity index (χ2v) is 7.62. The largest absolute Gasteiger partial charge is 0.339 e. The molecule has 0 aliphatic carbocycles. The second kappa shape index (κ2) is 8.95. The summed E-state index contributed by atoms with van der Waals surface area (Å²) in [4.78, 5) is 21.1. The van der Waals surface area contributed by atoms with Crippen molar-refractivity contribution in [2.75, 3.05) is 19.6 Å². The molecule has 0 spiro atoms. The van der Waals surface area contributed by atoms with Crippen molar-refractivity contribution in [2.45, 2.75) is 39.3 Å². The van der Waals surface area contributed by atoms with Crippen LogP contribution >= 0.6 is 0 Å². The van der Waals surface area contributed by atoms with E-state index in [4.69, 9.17) is 0 Å². The van der Waals surface area contributed by atoms with Gasteiger partial charge in [0.25, 0.3) is 0 Å². The summed E-state index contributed by atoms with van der Waals surface area (Å²) in [6.07, 6.45) is 5.13. The fraction of sp³-hybridized carbons (Fsp3) is 0.455. The normalized spacial score (nSPS) is 14.7. The summed E-state index contributed by atoms with van der Waals surface area (Å²) in [6, 6.07) is 14.9. The van der Waals surface area contributed by atoms with E-state index in [0.29, 0.717) is 18.4 Å². The summed E-state index contributed by atoms with van der Waals surface area (Å²) in [5.74, 6) is 0.887. The van der Waals surface area contributed by atoms with Crippen LogP contribution in [0.1, 0.15) is 31.4 Å². The molecule has 2 aromatic rings. The maximum absolute atomic E-state index is 12.4. The van der Waals surface area contributed by atoms with Crippen LogP contribution in [0.15, 0.2) is 54.9 Å². The van der Waals surface area contributed by atoms with Gasteiger partial charge in [0.05, 0.1) is 0 Å². The Hall–Kier alpha value is -2.20. The van der Waals surface area contributed by atoms with Crippen LogP contribution in [-0.4, -0.2) is 46.4 Å². The first-order chi connectivity index (χ1) is 12.6. The predicted molar refractivity (Wildman–Crippen MR) is 105 cm³/mol. The van der Waals surface area contributed by atoms with Crippen LogP contribution in [0, 0.1) is 5.92 Å². The highest BCUT2D eigenvalue weighted by Crippen LogP contribution is 2.20. The minimum absolute atomic E-state index is 0.276. The SMILES string of the molecule is CC(C)CN(Cc1ccncc1)C1CN(C(=O)CCc2ccccc2)C1. The molecule has 0 unspecified atom stereocenters. The van der Waals surface area contributed by atoms with Gasteiger partial charge in [-0.1, -0.05) is 44.2 Å². The first kappa shape index (κ1) is 18.6. The first-order valence-corrected chi connectivity index (χ1v) is 9.56. The quantitative estimate of drug-likeness (QED) is 0.731. The van der Waals surface area contributed by atoms with Crippen molar-refractivity contribution in [1.82, 2.24) is 14.8 Å². The molecule has 1 amide bonds. The number of hydrogen-bond donors (Lipinski definition) is 0. The van der Waals surface area contributed by atoms with Gasteiger partial charge >= 0.3 is 0 Å². The monoisotopic (exact) mass is 351 g/mol. The van der Waals surface area contributed by atoms with Crippen molar-refractivity contribution in [3.05, 3.63) is 66.0 Å². The zero-order chi connectivity index (χ0) is 18.4. The Balaban J connectivity index is 1.49. The van der Waals surface area contributed by atoms with Crippen LogP contribution in [0.3, 0.4) is 0 Å². The molecule has 0 radical (unpaired) electrons. The smallest absolute Gasteiger partial charge is 0.223 e. The van der Waals surface area contributed by atoms with Crippen LogP contribution in [0.2, 0.25) is 0 Å². The summed E-state index contributed by atoms with van der Waals surface area (Å²) >= 11 is 0. The van der Waals surface area contributed by atoms with E-state index in [0.717, 1.165) is 32.6 Å². The average Bonchev–Trinajstić information content (AvgIpc) is 2.60. The fourth-order valence-electron chi connectivity index (χ4n) is 3.48. The van der Waals surface area contributed by atoms with E-state index in [1.807, 2.05) is 35.5 Å². The van der Waals surface area contributed by atoms with Crippen LogP contribution in [0.25, 0.3) is 0 Å². The summed E-state index contributed by atoms with van der Waals surface area (Å²) in [5.41, 5.74) is 2.52. The van der Waals surface area contributed by atoms with Crippen LogP contribution < -0.4 is 0 Å². The molecule has 0 atom stereocenters. The molecule has 138 valence electrons. The number of benzene rings is 1. The van der Waals surface area contributed by atoms with Gasteiger partial charge in [-0.15, -0.1) is 0 Å². The highest BCUT2D eigenvalue weighted by atomic mass is 16.2. The Morgan fingerprint density at radius 2 is 1.81 bits per heavy atom. The summed E-state index contributed by atoms with van der Waals surface area (Å²) in [6.45, 7) is 8.19. The molecule has 1 aliphatic heterocycles. The highest BCUT2D eigenvalue weighted by molar-refractivity contribution is 5.77. The third kappa shape index (κ3) is 5.15. The molecule has 4 nitrogen and oxygen atoms in total. The van der Waals surface area contributed by atoms with Crippen LogP contribution in [0.4, 0.5) is 0 Å². The number of aromatic nitrogens is 1. The molecular weight excluding hydrogens is 322 g/mol. The lowest BCUT2D eigenvalue weighted by atomic mass is 10.0. The Bertz CT molecular complexity index is 681. The molecule has 4 heteroatoms. The third-order valence-electron chi connectivity index (χ3n) is 4.94.